The molecule has 1 atom stereocenters. The van der Waals surface area contributed by atoms with Crippen molar-refractivity contribution >= 4 is 9.84 Å². The largest absolute Gasteiger partial charge is 0.315 e. The van der Waals surface area contributed by atoms with E-state index < -0.39 is 9.84 Å². The van der Waals surface area contributed by atoms with Crippen molar-refractivity contribution in [1.29, 1.82) is 0 Å². The Kier molecular flexibility index (Phi) is 3.41. The Morgan fingerprint density at radius 1 is 1.25 bits per heavy atom. The average molecular weight is 293 g/mol. The topological polar surface area (TPSA) is 46.2 Å². The summed E-state index contributed by atoms with van der Waals surface area (Å²) in [5.74, 6) is 1.10. The van der Waals surface area contributed by atoms with Crippen LogP contribution < -0.4 is 5.32 Å². The first-order chi connectivity index (χ1) is 9.42. The smallest absolute Gasteiger partial charge is 0.150 e. The Morgan fingerprint density at radius 2 is 1.90 bits per heavy atom. The fraction of sp³-hybridized carbons (Fsp3) is 0.625. The minimum atomic E-state index is -2.80. The van der Waals surface area contributed by atoms with Gasteiger partial charge in [0.05, 0.1) is 11.5 Å². The van der Waals surface area contributed by atoms with Crippen LogP contribution in [0.5, 0.6) is 0 Å². The van der Waals surface area contributed by atoms with Gasteiger partial charge in [-0.15, -0.1) is 0 Å². The zero-order chi connectivity index (χ0) is 14.4. The molecule has 1 aromatic carbocycles. The van der Waals surface area contributed by atoms with E-state index in [1.807, 2.05) is 0 Å². The van der Waals surface area contributed by atoms with Gasteiger partial charge in [0.1, 0.15) is 0 Å². The van der Waals surface area contributed by atoms with Gasteiger partial charge in [0.25, 0.3) is 0 Å². The first-order valence-corrected chi connectivity index (χ1v) is 9.20. The number of benzene rings is 1. The van der Waals surface area contributed by atoms with Gasteiger partial charge in [0, 0.05) is 18.5 Å². The lowest BCUT2D eigenvalue weighted by Gasteiger charge is -2.47. The summed E-state index contributed by atoms with van der Waals surface area (Å²) in [6.45, 7) is 6.24. The molecule has 2 aliphatic heterocycles. The van der Waals surface area contributed by atoms with Crippen LogP contribution in [-0.2, 0) is 16.3 Å². The summed E-state index contributed by atoms with van der Waals surface area (Å²) in [6.07, 6.45) is 1.85. The molecule has 0 radical (unpaired) electrons. The maximum Gasteiger partial charge on any atom is 0.150 e. The third kappa shape index (κ3) is 2.40. The zero-order valence-corrected chi connectivity index (χ0v) is 13.1. The van der Waals surface area contributed by atoms with Gasteiger partial charge in [-0.25, -0.2) is 8.42 Å². The third-order valence-electron chi connectivity index (χ3n) is 5.23. The molecule has 1 unspecified atom stereocenters. The maximum atomic E-state index is 11.8. The van der Waals surface area contributed by atoms with Crippen molar-refractivity contribution in [1.82, 2.24) is 5.32 Å². The highest BCUT2D eigenvalue weighted by molar-refractivity contribution is 7.91. The monoisotopic (exact) mass is 293 g/mol. The van der Waals surface area contributed by atoms with E-state index in [-0.39, 0.29) is 5.41 Å². The van der Waals surface area contributed by atoms with E-state index in [0.717, 1.165) is 25.9 Å². The molecule has 2 aliphatic rings. The Morgan fingerprint density at radius 3 is 2.35 bits per heavy atom. The Balaban J connectivity index is 1.87. The maximum absolute atomic E-state index is 11.8. The van der Waals surface area contributed by atoms with E-state index in [1.165, 1.54) is 16.7 Å². The van der Waals surface area contributed by atoms with Crippen LogP contribution in [0, 0.1) is 25.2 Å². The first-order valence-electron chi connectivity index (χ1n) is 7.38. The standard InChI is InChI=1S/C16H23NO2S/c1-12-4-3-5-13(2)15(12)8-16(10-17-11-16)14-6-7-20(18,19)9-14/h3-5,14,17H,6-11H2,1-2H3. The molecule has 0 aromatic heterocycles. The third-order valence-corrected chi connectivity index (χ3v) is 6.99. The number of aryl methyl sites for hydroxylation is 2. The molecular formula is C16H23NO2S. The van der Waals surface area contributed by atoms with Gasteiger partial charge >= 0.3 is 0 Å². The Labute approximate surface area is 121 Å². The summed E-state index contributed by atoms with van der Waals surface area (Å²) in [5.41, 5.74) is 4.23. The Bertz CT molecular complexity index is 597. The summed E-state index contributed by atoms with van der Waals surface area (Å²) in [7, 11) is -2.80. The summed E-state index contributed by atoms with van der Waals surface area (Å²) in [5, 5.41) is 3.37. The molecule has 0 saturated carbocycles. The van der Waals surface area contributed by atoms with Crippen LogP contribution in [0.2, 0.25) is 0 Å². The number of nitrogens with one attached hydrogen (secondary N) is 1. The summed E-state index contributed by atoms with van der Waals surface area (Å²) in [4.78, 5) is 0. The van der Waals surface area contributed by atoms with E-state index in [4.69, 9.17) is 0 Å². The lowest BCUT2D eigenvalue weighted by atomic mass is 9.66. The van der Waals surface area contributed by atoms with Crippen LogP contribution >= 0.6 is 0 Å². The van der Waals surface area contributed by atoms with Gasteiger partial charge in [-0.05, 0) is 49.3 Å². The molecule has 0 bridgehead atoms. The van der Waals surface area contributed by atoms with E-state index in [9.17, 15) is 8.42 Å². The van der Waals surface area contributed by atoms with Crippen molar-refractivity contribution in [2.75, 3.05) is 24.6 Å². The number of sulfone groups is 1. The summed E-state index contributed by atoms with van der Waals surface area (Å²) in [6, 6.07) is 6.42. The molecule has 3 nitrogen and oxygen atoms in total. The van der Waals surface area contributed by atoms with E-state index in [2.05, 4.69) is 37.4 Å². The SMILES string of the molecule is Cc1cccc(C)c1CC1(C2CCS(=O)(=O)C2)CNC1. The van der Waals surface area contributed by atoms with Crippen molar-refractivity contribution in [3.8, 4) is 0 Å². The van der Waals surface area contributed by atoms with Gasteiger partial charge in [0.2, 0.25) is 0 Å². The van der Waals surface area contributed by atoms with Crippen LogP contribution in [0.25, 0.3) is 0 Å². The van der Waals surface area contributed by atoms with Crippen molar-refractivity contribution in [3.05, 3.63) is 34.9 Å². The van der Waals surface area contributed by atoms with Gasteiger partial charge in [-0.2, -0.15) is 0 Å². The highest BCUT2D eigenvalue weighted by atomic mass is 32.2. The molecule has 110 valence electrons. The molecule has 1 aromatic rings. The van der Waals surface area contributed by atoms with Crippen LogP contribution in [-0.4, -0.2) is 33.0 Å². The van der Waals surface area contributed by atoms with Crippen LogP contribution in [0.4, 0.5) is 0 Å². The molecule has 0 amide bonds. The predicted molar refractivity (Wildman–Crippen MR) is 81.7 cm³/mol. The number of hydrogen-bond acceptors (Lipinski definition) is 3. The molecule has 0 aliphatic carbocycles. The highest BCUT2D eigenvalue weighted by Gasteiger charge is 2.48. The molecule has 2 heterocycles. The fourth-order valence-corrected chi connectivity index (χ4v) is 5.71. The van der Waals surface area contributed by atoms with Crippen molar-refractivity contribution in [2.24, 2.45) is 11.3 Å². The summed E-state index contributed by atoms with van der Waals surface area (Å²) >= 11 is 0. The normalized spacial score (nSPS) is 27.2. The molecular weight excluding hydrogens is 270 g/mol. The second-order valence-corrected chi connectivity index (χ2v) is 8.84. The van der Waals surface area contributed by atoms with Crippen molar-refractivity contribution in [2.45, 2.75) is 26.7 Å². The minimum absolute atomic E-state index is 0.153. The first kappa shape index (κ1) is 14.1. The molecule has 2 fully saturated rings. The van der Waals surface area contributed by atoms with Crippen LogP contribution in [0.15, 0.2) is 18.2 Å². The molecule has 2 saturated heterocycles. The van der Waals surface area contributed by atoms with Gasteiger partial charge in [0.15, 0.2) is 9.84 Å². The van der Waals surface area contributed by atoms with E-state index in [1.54, 1.807) is 0 Å². The summed E-state index contributed by atoms with van der Waals surface area (Å²) < 4.78 is 23.6. The lowest BCUT2D eigenvalue weighted by molar-refractivity contribution is 0.0921. The second kappa shape index (κ2) is 4.85. The quantitative estimate of drug-likeness (QED) is 0.925. The zero-order valence-electron chi connectivity index (χ0n) is 12.3. The molecule has 0 spiro atoms. The average Bonchev–Trinajstić information content (AvgIpc) is 2.67. The van der Waals surface area contributed by atoms with Crippen molar-refractivity contribution in [3.63, 3.8) is 0 Å². The number of hydrogen-bond donors (Lipinski definition) is 1. The van der Waals surface area contributed by atoms with E-state index in [0.29, 0.717) is 17.4 Å². The van der Waals surface area contributed by atoms with Crippen LogP contribution in [0.1, 0.15) is 23.1 Å². The fourth-order valence-electron chi connectivity index (χ4n) is 3.76. The van der Waals surface area contributed by atoms with Gasteiger partial charge in [-0.3, -0.25) is 0 Å². The minimum Gasteiger partial charge on any atom is -0.315 e. The molecule has 20 heavy (non-hydrogen) atoms. The lowest BCUT2D eigenvalue weighted by Crippen LogP contribution is -2.59. The Hall–Kier alpha value is -0.870. The molecule has 3 rings (SSSR count). The molecule has 1 N–H and O–H groups in total. The number of rotatable bonds is 3. The van der Waals surface area contributed by atoms with E-state index >= 15 is 0 Å². The highest BCUT2D eigenvalue weighted by Crippen LogP contribution is 2.42. The second-order valence-electron chi connectivity index (χ2n) is 6.61. The van der Waals surface area contributed by atoms with Crippen LogP contribution in [0.3, 0.4) is 0 Å². The van der Waals surface area contributed by atoms with Crippen molar-refractivity contribution < 1.29 is 8.42 Å². The predicted octanol–water partition coefficient (Wildman–Crippen LogP) is 1.87. The molecule has 4 heteroatoms. The van der Waals surface area contributed by atoms with Gasteiger partial charge < -0.3 is 5.32 Å². The van der Waals surface area contributed by atoms with Gasteiger partial charge in [-0.1, -0.05) is 18.2 Å².